The summed E-state index contributed by atoms with van der Waals surface area (Å²) in [7, 11) is 1.65. The molecule has 0 bridgehead atoms. The first-order valence-corrected chi connectivity index (χ1v) is 8.44. The number of amides is 1. The summed E-state index contributed by atoms with van der Waals surface area (Å²) in [6.07, 6.45) is 2.02. The van der Waals surface area contributed by atoms with E-state index in [0.29, 0.717) is 26.1 Å². The lowest BCUT2D eigenvalue weighted by molar-refractivity contribution is -0.131. The van der Waals surface area contributed by atoms with Gasteiger partial charge in [-0.15, -0.1) is 0 Å². The van der Waals surface area contributed by atoms with Gasteiger partial charge < -0.3 is 14.1 Å². The molecular formula is C21H23NO3. The quantitative estimate of drug-likeness (QED) is 0.655. The Balaban J connectivity index is 1.76. The van der Waals surface area contributed by atoms with E-state index in [4.69, 9.17) is 9.15 Å². The van der Waals surface area contributed by atoms with E-state index in [1.165, 1.54) is 0 Å². The van der Waals surface area contributed by atoms with Crippen LogP contribution in [0, 0.1) is 6.92 Å². The van der Waals surface area contributed by atoms with Crippen molar-refractivity contribution in [3.63, 3.8) is 0 Å². The molecular weight excluding hydrogens is 314 g/mol. The third-order valence-corrected chi connectivity index (χ3v) is 4.29. The maximum absolute atomic E-state index is 12.9. The summed E-state index contributed by atoms with van der Waals surface area (Å²) in [6.45, 7) is 3.69. The van der Waals surface area contributed by atoms with Gasteiger partial charge in [0, 0.05) is 31.1 Å². The Labute approximate surface area is 148 Å². The van der Waals surface area contributed by atoms with Gasteiger partial charge in [0.25, 0.3) is 0 Å². The first-order valence-electron chi connectivity index (χ1n) is 8.44. The zero-order valence-corrected chi connectivity index (χ0v) is 14.7. The van der Waals surface area contributed by atoms with Crippen LogP contribution in [0.1, 0.15) is 16.7 Å². The molecule has 0 aliphatic rings. The number of benzene rings is 2. The zero-order chi connectivity index (χ0) is 17.6. The first kappa shape index (κ1) is 17.2. The van der Waals surface area contributed by atoms with E-state index < -0.39 is 0 Å². The Morgan fingerprint density at radius 1 is 1.16 bits per heavy atom. The van der Waals surface area contributed by atoms with E-state index in [1.807, 2.05) is 60.4 Å². The molecule has 3 aromatic rings. The number of furan rings is 1. The van der Waals surface area contributed by atoms with Gasteiger partial charge in [-0.05, 0) is 24.1 Å². The van der Waals surface area contributed by atoms with E-state index in [0.717, 1.165) is 27.7 Å². The molecule has 0 N–H and O–H groups in total. The minimum atomic E-state index is 0.0733. The molecule has 0 aliphatic carbocycles. The largest absolute Gasteiger partial charge is 0.464 e. The molecule has 0 aliphatic heterocycles. The van der Waals surface area contributed by atoms with E-state index >= 15 is 0 Å². The Morgan fingerprint density at radius 2 is 1.96 bits per heavy atom. The average molecular weight is 337 g/mol. The molecule has 0 spiro atoms. The van der Waals surface area contributed by atoms with E-state index in [1.54, 1.807) is 13.4 Å². The number of methoxy groups -OCH3 is 1. The number of hydrogen-bond acceptors (Lipinski definition) is 3. The summed E-state index contributed by atoms with van der Waals surface area (Å²) >= 11 is 0. The lowest BCUT2D eigenvalue weighted by atomic mass is 10.1. The molecule has 0 unspecified atom stereocenters. The van der Waals surface area contributed by atoms with Gasteiger partial charge in [-0.3, -0.25) is 4.79 Å². The number of fused-ring (bicyclic) bond motifs is 1. The first-order chi connectivity index (χ1) is 12.2. The highest BCUT2D eigenvalue weighted by Gasteiger charge is 2.17. The van der Waals surface area contributed by atoms with Crippen molar-refractivity contribution in [1.82, 2.24) is 4.90 Å². The number of nitrogens with zero attached hydrogens (tertiary/aromatic N) is 1. The average Bonchev–Trinajstić information content (AvgIpc) is 3.01. The van der Waals surface area contributed by atoms with Crippen LogP contribution in [0.5, 0.6) is 0 Å². The Morgan fingerprint density at radius 3 is 2.72 bits per heavy atom. The van der Waals surface area contributed by atoms with Crippen molar-refractivity contribution in [2.45, 2.75) is 19.9 Å². The van der Waals surface area contributed by atoms with Crippen LogP contribution in [-0.4, -0.2) is 31.1 Å². The van der Waals surface area contributed by atoms with Crippen LogP contribution in [0.25, 0.3) is 11.0 Å². The fourth-order valence-corrected chi connectivity index (χ4v) is 2.90. The van der Waals surface area contributed by atoms with Crippen molar-refractivity contribution in [2.75, 3.05) is 20.3 Å². The maximum atomic E-state index is 12.9. The summed E-state index contributed by atoms with van der Waals surface area (Å²) in [5, 5.41) is 1.00. The van der Waals surface area contributed by atoms with Gasteiger partial charge in [-0.1, -0.05) is 42.5 Å². The van der Waals surface area contributed by atoms with Crippen molar-refractivity contribution in [2.24, 2.45) is 0 Å². The Bertz CT molecular complexity index is 839. The SMILES string of the molecule is COCCN(Cc1ccccc1)C(=O)Cc1coc2cc(C)ccc12. The topological polar surface area (TPSA) is 42.7 Å². The van der Waals surface area contributed by atoms with Crippen LogP contribution in [0.3, 0.4) is 0 Å². The normalized spacial score (nSPS) is 11.0. The van der Waals surface area contributed by atoms with E-state index in [-0.39, 0.29) is 5.91 Å². The fraction of sp³-hybridized carbons (Fsp3) is 0.286. The molecule has 0 fully saturated rings. The van der Waals surface area contributed by atoms with Crippen LogP contribution >= 0.6 is 0 Å². The Hall–Kier alpha value is -2.59. The van der Waals surface area contributed by atoms with Gasteiger partial charge in [0.05, 0.1) is 19.3 Å². The summed E-state index contributed by atoms with van der Waals surface area (Å²) < 4.78 is 10.8. The van der Waals surface area contributed by atoms with Gasteiger partial charge in [0.15, 0.2) is 0 Å². The number of aryl methyl sites for hydroxylation is 1. The van der Waals surface area contributed by atoms with Crippen molar-refractivity contribution in [1.29, 1.82) is 0 Å². The lowest BCUT2D eigenvalue weighted by Crippen LogP contribution is -2.34. The maximum Gasteiger partial charge on any atom is 0.227 e. The second kappa shape index (κ2) is 7.99. The molecule has 0 saturated carbocycles. The third-order valence-electron chi connectivity index (χ3n) is 4.29. The Kier molecular flexibility index (Phi) is 5.51. The van der Waals surface area contributed by atoms with Crippen LogP contribution < -0.4 is 0 Å². The third kappa shape index (κ3) is 4.28. The molecule has 130 valence electrons. The highest BCUT2D eigenvalue weighted by atomic mass is 16.5. The molecule has 4 heteroatoms. The molecule has 0 atom stereocenters. The van der Waals surface area contributed by atoms with Gasteiger partial charge >= 0.3 is 0 Å². The van der Waals surface area contributed by atoms with Gasteiger partial charge in [0.1, 0.15) is 5.58 Å². The number of ether oxygens (including phenoxy) is 1. The highest BCUT2D eigenvalue weighted by Crippen LogP contribution is 2.23. The predicted molar refractivity (Wildman–Crippen MR) is 98.4 cm³/mol. The predicted octanol–water partition coefficient (Wildman–Crippen LogP) is 3.96. The van der Waals surface area contributed by atoms with Crippen molar-refractivity contribution in [3.05, 3.63) is 71.5 Å². The molecule has 0 saturated heterocycles. The zero-order valence-electron chi connectivity index (χ0n) is 14.7. The summed E-state index contributed by atoms with van der Waals surface area (Å²) in [5.41, 5.74) is 4.01. The van der Waals surface area contributed by atoms with Gasteiger partial charge in [0.2, 0.25) is 5.91 Å². The molecule has 0 radical (unpaired) electrons. The lowest BCUT2D eigenvalue weighted by Gasteiger charge is -2.22. The van der Waals surface area contributed by atoms with Crippen molar-refractivity contribution in [3.8, 4) is 0 Å². The number of carbonyl (C=O) groups excluding carboxylic acids is 1. The molecule has 4 nitrogen and oxygen atoms in total. The van der Waals surface area contributed by atoms with Crippen molar-refractivity contribution < 1.29 is 13.9 Å². The summed E-state index contributed by atoms with van der Waals surface area (Å²) in [4.78, 5) is 14.7. The number of carbonyl (C=O) groups is 1. The molecule has 2 aromatic carbocycles. The van der Waals surface area contributed by atoms with E-state index in [2.05, 4.69) is 0 Å². The highest BCUT2D eigenvalue weighted by molar-refractivity contribution is 5.88. The minimum absolute atomic E-state index is 0.0733. The smallest absolute Gasteiger partial charge is 0.227 e. The standard InChI is InChI=1S/C21H23NO3/c1-16-8-9-19-18(15-25-20(19)12-16)13-21(23)22(10-11-24-2)14-17-6-4-3-5-7-17/h3-9,12,15H,10-11,13-14H2,1-2H3. The summed E-state index contributed by atoms with van der Waals surface area (Å²) in [5.74, 6) is 0.0733. The molecule has 3 rings (SSSR count). The molecule has 25 heavy (non-hydrogen) atoms. The van der Waals surface area contributed by atoms with Gasteiger partial charge in [-0.2, -0.15) is 0 Å². The fourth-order valence-electron chi connectivity index (χ4n) is 2.90. The second-order valence-electron chi connectivity index (χ2n) is 6.23. The summed E-state index contributed by atoms with van der Waals surface area (Å²) in [6, 6.07) is 16.1. The van der Waals surface area contributed by atoms with Crippen LogP contribution in [0.2, 0.25) is 0 Å². The van der Waals surface area contributed by atoms with Crippen LogP contribution in [0.15, 0.2) is 59.2 Å². The van der Waals surface area contributed by atoms with Crippen LogP contribution in [0.4, 0.5) is 0 Å². The van der Waals surface area contributed by atoms with Gasteiger partial charge in [-0.25, -0.2) is 0 Å². The number of rotatable bonds is 7. The monoisotopic (exact) mass is 337 g/mol. The molecule has 1 aromatic heterocycles. The molecule has 1 amide bonds. The second-order valence-corrected chi connectivity index (χ2v) is 6.23. The van der Waals surface area contributed by atoms with E-state index in [9.17, 15) is 4.79 Å². The van der Waals surface area contributed by atoms with Crippen LogP contribution in [-0.2, 0) is 22.5 Å². The van der Waals surface area contributed by atoms with Crippen molar-refractivity contribution >= 4 is 16.9 Å². The number of hydrogen-bond donors (Lipinski definition) is 0. The molecule has 1 heterocycles. The minimum Gasteiger partial charge on any atom is -0.464 e.